The van der Waals surface area contributed by atoms with Crippen molar-refractivity contribution < 1.29 is 23.0 Å². The molecule has 2 N–H and O–H groups in total. The topological polar surface area (TPSA) is 74.4 Å². The number of methoxy groups -OCH3 is 2. The number of carbonyl (C=O) groups excluding carboxylic acids is 1. The number of ether oxygens (including phenoxy) is 2. The zero-order valence-corrected chi connectivity index (χ0v) is 10.1. The molecule has 0 atom stereocenters. The molecule has 100 valence electrons. The van der Waals surface area contributed by atoms with Gasteiger partial charge in [-0.1, -0.05) is 0 Å². The van der Waals surface area contributed by atoms with Crippen LogP contribution in [0.25, 0.3) is 0 Å². The van der Waals surface area contributed by atoms with Crippen LogP contribution in [0.2, 0.25) is 0 Å². The van der Waals surface area contributed by atoms with Gasteiger partial charge in [-0.15, -0.1) is 0 Å². The number of hydrogen-bond acceptors (Lipinski definition) is 5. The highest BCUT2D eigenvalue weighted by molar-refractivity contribution is 5.73. The highest BCUT2D eigenvalue weighted by Gasteiger charge is 2.20. The standard InChI is InChI=1S/C11H14F2N2O3/c1-17-8-3-6(4-9(16)18-2)10(11(12)13)15-7(8)5-14/h3,11H,4-5,14H2,1-2H3. The van der Waals surface area contributed by atoms with Gasteiger partial charge in [0.25, 0.3) is 6.43 Å². The second-order valence-electron chi connectivity index (χ2n) is 3.44. The number of rotatable bonds is 5. The lowest BCUT2D eigenvalue weighted by Crippen LogP contribution is -2.12. The Balaban J connectivity index is 3.24. The molecule has 0 bridgehead atoms. The van der Waals surface area contributed by atoms with Crippen molar-refractivity contribution in [1.29, 1.82) is 0 Å². The van der Waals surface area contributed by atoms with Gasteiger partial charge < -0.3 is 15.2 Å². The van der Waals surface area contributed by atoms with E-state index in [0.29, 0.717) is 0 Å². The molecule has 0 unspecified atom stereocenters. The van der Waals surface area contributed by atoms with Crippen LogP contribution in [0, 0.1) is 0 Å². The summed E-state index contributed by atoms with van der Waals surface area (Å²) in [6.07, 6.45) is -3.08. The van der Waals surface area contributed by atoms with Crippen LogP contribution < -0.4 is 10.5 Å². The fourth-order valence-electron chi connectivity index (χ4n) is 1.47. The Bertz CT molecular complexity index is 439. The van der Waals surface area contributed by atoms with Crippen LogP contribution in [0.5, 0.6) is 5.75 Å². The summed E-state index contributed by atoms with van der Waals surface area (Å²) >= 11 is 0. The normalized spacial score (nSPS) is 10.6. The molecule has 0 aromatic carbocycles. The predicted octanol–water partition coefficient (Wildman–Crippen LogP) is 1.20. The number of hydrogen-bond donors (Lipinski definition) is 1. The summed E-state index contributed by atoms with van der Waals surface area (Å²) in [4.78, 5) is 14.9. The summed E-state index contributed by atoms with van der Waals surface area (Å²) in [7, 11) is 2.56. The number of nitrogens with zero attached hydrogens (tertiary/aromatic N) is 1. The predicted molar refractivity (Wildman–Crippen MR) is 59.4 cm³/mol. The third-order valence-corrected chi connectivity index (χ3v) is 2.36. The Kier molecular flexibility index (Phi) is 4.96. The van der Waals surface area contributed by atoms with Gasteiger partial charge in [0, 0.05) is 6.54 Å². The zero-order valence-electron chi connectivity index (χ0n) is 10.1. The first-order valence-electron chi connectivity index (χ1n) is 5.15. The van der Waals surface area contributed by atoms with Crippen molar-refractivity contribution in [3.8, 4) is 5.75 Å². The highest BCUT2D eigenvalue weighted by atomic mass is 19.3. The van der Waals surface area contributed by atoms with E-state index in [2.05, 4.69) is 9.72 Å². The number of carbonyl (C=O) groups is 1. The number of nitrogens with two attached hydrogens (primary N) is 1. The fraction of sp³-hybridized carbons (Fsp3) is 0.455. The maximum absolute atomic E-state index is 12.8. The molecule has 0 aliphatic heterocycles. The molecule has 7 heteroatoms. The number of esters is 1. The summed E-state index contributed by atoms with van der Waals surface area (Å²) in [6.45, 7) is -0.0264. The van der Waals surface area contributed by atoms with Crippen molar-refractivity contribution in [2.75, 3.05) is 14.2 Å². The van der Waals surface area contributed by atoms with Gasteiger partial charge in [0.1, 0.15) is 11.4 Å². The maximum atomic E-state index is 12.8. The molecule has 1 heterocycles. The van der Waals surface area contributed by atoms with Gasteiger partial charge in [-0.2, -0.15) is 0 Å². The minimum Gasteiger partial charge on any atom is -0.495 e. The van der Waals surface area contributed by atoms with E-state index in [1.165, 1.54) is 20.3 Å². The minimum absolute atomic E-state index is 0.0264. The molecule has 0 spiro atoms. The molecule has 0 aliphatic carbocycles. The number of pyridine rings is 1. The minimum atomic E-state index is -2.79. The Morgan fingerprint density at radius 1 is 1.50 bits per heavy atom. The average molecular weight is 260 g/mol. The first-order chi connectivity index (χ1) is 8.53. The molecule has 0 aliphatic rings. The molecule has 0 saturated carbocycles. The molecule has 0 saturated heterocycles. The molecule has 0 amide bonds. The first kappa shape index (κ1) is 14.3. The van der Waals surface area contributed by atoms with Gasteiger partial charge in [0.05, 0.1) is 26.3 Å². The number of aromatic nitrogens is 1. The fourth-order valence-corrected chi connectivity index (χ4v) is 1.47. The third kappa shape index (κ3) is 3.13. The van der Waals surface area contributed by atoms with E-state index in [9.17, 15) is 13.6 Å². The third-order valence-electron chi connectivity index (χ3n) is 2.36. The lowest BCUT2D eigenvalue weighted by Gasteiger charge is -2.12. The maximum Gasteiger partial charge on any atom is 0.310 e. The zero-order chi connectivity index (χ0) is 13.7. The van der Waals surface area contributed by atoms with Crippen LogP contribution in [0.1, 0.15) is 23.4 Å². The van der Waals surface area contributed by atoms with Crippen LogP contribution >= 0.6 is 0 Å². The summed E-state index contributed by atoms with van der Waals surface area (Å²) in [5.74, 6) is -0.345. The quantitative estimate of drug-likeness (QED) is 0.805. The van der Waals surface area contributed by atoms with Crippen molar-refractivity contribution in [3.63, 3.8) is 0 Å². The molecule has 1 aromatic heterocycles. The molecule has 18 heavy (non-hydrogen) atoms. The van der Waals surface area contributed by atoms with E-state index in [0.717, 1.165) is 0 Å². The van der Waals surface area contributed by atoms with Gasteiger partial charge in [-0.05, 0) is 11.6 Å². The molecule has 1 aromatic rings. The largest absolute Gasteiger partial charge is 0.495 e. The average Bonchev–Trinajstić information content (AvgIpc) is 2.37. The van der Waals surface area contributed by atoms with Crippen LogP contribution in [-0.2, 0) is 22.5 Å². The van der Waals surface area contributed by atoms with Gasteiger partial charge in [0.15, 0.2) is 0 Å². The Morgan fingerprint density at radius 2 is 2.17 bits per heavy atom. The van der Waals surface area contributed by atoms with E-state index in [4.69, 9.17) is 10.5 Å². The molecule has 1 rings (SSSR count). The van der Waals surface area contributed by atoms with Crippen molar-refractivity contribution in [2.24, 2.45) is 5.73 Å². The van der Waals surface area contributed by atoms with E-state index >= 15 is 0 Å². The van der Waals surface area contributed by atoms with E-state index in [1.54, 1.807) is 0 Å². The molecular formula is C11H14F2N2O3. The van der Waals surface area contributed by atoms with Crippen molar-refractivity contribution >= 4 is 5.97 Å². The summed E-state index contributed by atoms with van der Waals surface area (Å²) in [5.41, 5.74) is 5.22. The Morgan fingerprint density at radius 3 is 2.61 bits per heavy atom. The summed E-state index contributed by atoms with van der Waals surface area (Å²) in [6, 6.07) is 1.34. The molecular weight excluding hydrogens is 246 g/mol. The molecule has 0 radical (unpaired) electrons. The summed E-state index contributed by atoms with van der Waals surface area (Å²) in [5, 5.41) is 0. The van der Waals surface area contributed by atoms with Crippen LogP contribution in [0.15, 0.2) is 6.07 Å². The smallest absolute Gasteiger partial charge is 0.310 e. The molecule has 0 fully saturated rings. The van der Waals surface area contributed by atoms with Crippen LogP contribution in [0.3, 0.4) is 0 Å². The SMILES string of the molecule is COC(=O)Cc1cc(OC)c(CN)nc1C(F)F. The van der Waals surface area contributed by atoms with Crippen molar-refractivity contribution in [1.82, 2.24) is 4.98 Å². The lowest BCUT2D eigenvalue weighted by atomic mass is 10.1. The number of halogens is 2. The number of alkyl halides is 2. The second kappa shape index (κ2) is 6.25. The van der Waals surface area contributed by atoms with Crippen molar-refractivity contribution in [3.05, 3.63) is 23.0 Å². The van der Waals surface area contributed by atoms with Gasteiger partial charge in [-0.3, -0.25) is 4.79 Å². The monoisotopic (exact) mass is 260 g/mol. The highest BCUT2D eigenvalue weighted by Crippen LogP contribution is 2.27. The Labute approximate surface area is 103 Å². The van der Waals surface area contributed by atoms with E-state index in [-0.39, 0.29) is 30.0 Å². The van der Waals surface area contributed by atoms with Gasteiger partial charge >= 0.3 is 5.97 Å². The van der Waals surface area contributed by atoms with E-state index < -0.39 is 18.1 Å². The van der Waals surface area contributed by atoms with E-state index in [1.807, 2.05) is 0 Å². The van der Waals surface area contributed by atoms with Gasteiger partial charge in [-0.25, -0.2) is 13.8 Å². The van der Waals surface area contributed by atoms with Crippen LogP contribution in [-0.4, -0.2) is 25.2 Å². The first-order valence-corrected chi connectivity index (χ1v) is 5.15. The van der Waals surface area contributed by atoms with Gasteiger partial charge in [0.2, 0.25) is 0 Å². The second-order valence-corrected chi connectivity index (χ2v) is 3.44. The molecule has 5 nitrogen and oxygen atoms in total. The lowest BCUT2D eigenvalue weighted by molar-refractivity contribution is -0.139. The van der Waals surface area contributed by atoms with Crippen LogP contribution in [0.4, 0.5) is 8.78 Å². The summed E-state index contributed by atoms with van der Waals surface area (Å²) < 4.78 is 35.1. The Hall–Kier alpha value is -1.76. The van der Waals surface area contributed by atoms with Crippen molar-refractivity contribution in [2.45, 2.75) is 19.4 Å².